The molecule has 0 radical (unpaired) electrons. The second-order valence-corrected chi connectivity index (χ2v) is 10.1. The van der Waals surface area contributed by atoms with Crippen LogP contribution in [-0.2, 0) is 16.4 Å². The van der Waals surface area contributed by atoms with Crippen molar-refractivity contribution in [2.45, 2.75) is 31.2 Å². The third-order valence-corrected chi connectivity index (χ3v) is 6.12. The third-order valence-electron chi connectivity index (χ3n) is 5.00. The van der Waals surface area contributed by atoms with Gasteiger partial charge in [0.2, 0.25) is 5.88 Å². The van der Waals surface area contributed by atoms with Crippen LogP contribution in [0.1, 0.15) is 25.3 Å². The minimum absolute atomic E-state index is 0.255. The van der Waals surface area contributed by atoms with E-state index in [9.17, 15) is 12.8 Å². The summed E-state index contributed by atoms with van der Waals surface area (Å²) < 4.78 is 43.3. The van der Waals surface area contributed by atoms with Crippen LogP contribution in [-0.4, -0.2) is 45.3 Å². The molecule has 1 heterocycles. The molecule has 3 rings (SSSR count). The monoisotopic (exact) mass is 456 g/mol. The number of halogens is 1. The maximum Gasteiger partial charge on any atom is 0.218 e. The summed E-state index contributed by atoms with van der Waals surface area (Å²) in [6.45, 7) is 3.30. The van der Waals surface area contributed by atoms with E-state index in [1.807, 2.05) is 25.1 Å². The highest BCUT2D eigenvalue weighted by molar-refractivity contribution is 7.90. The topological polar surface area (TPSA) is 59.5 Å². The minimum Gasteiger partial charge on any atom is -0.477 e. The fourth-order valence-electron chi connectivity index (χ4n) is 3.36. The van der Waals surface area contributed by atoms with Crippen LogP contribution < -0.4 is 4.74 Å². The molecule has 0 unspecified atom stereocenters. The summed E-state index contributed by atoms with van der Waals surface area (Å²) in [5, 5.41) is 0. The Kier molecular flexibility index (Phi) is 7.64. The number of benzene rings is 2. The Labute approximate surface area is 189 Å². The van der Waals surface area contributed by atoms with E-state index >= 15 is 0 Å². The molecule has 170 valence electrons. The molecule has 7 heteroatoms. The quantitative estimate of drug-likeness (QED) is 0.414. The van der Waals surface area contributed by atoms with Crippen molar-refractivity contribution < 1.29 is 17.5 Å². The van der Waals surface area contributed by atoms with Crippen LogP contribution >= 0.6 is 0 Å². The molecule has 1 aromatic heterocycles. The minimum atomic E-state index is -3.30. The molecule has 0 N–H and O–H groups in total. The molecule has 0 spiro atoms. The van der Waals surface area contributed by atoms with E-state index in [1.165, 1.54) is 18.4 Å². The molecule has 0 saturated heterocycles. The number of rotatable bonds is 9. The average Bonchev–Trinajstić information content (AvgIpc) is 2.74. The molecule has 32 heavy (non-hydrogen) atoms. The van der Waals surface area contributed by atoms with E-state index in [0.717, 1.165) is 35.1 Å². The van der Waals surface area contributed by atoms with Crippen molar-refractivity contribution in [1.82, 2.24) is 9.88 Å². The van der Waals surface area contributed by atoms with Crippen LogP contribution in [0.5, 0.6) is 5.88 Å². The molecule has 3 aromatic rings. The van der Waals surface area contributed by atoms with Gasteiger partial charge in [-0.1, -0.05) is 25.5 Å². The number of ether oxygens (including phenoxy) is 1. The first-order valence-corrected chi connectivity index (χ1v) is 12.5. The number of sulfone groups is 1. The predicted molar refractivity (Wildman–Crippen MR) is 126 cm³/mol. The molecule has 0 aliphatic heterocycles. The van der Waals surface area contributed by atoms with Gasteiger partial charge in [-0.15, -0.1) is 0 Å². The number of hydrogen-bond acceptors (Lipinski definition) is 5. The summed E-state index contributed by atoms with van der Waals surface area (Å²) in [5.74, 6) is 0.236. The van der Waals surface area contributed by atoms with E-state index in [1.54, 1.807) is 36.4 Å². The SMILES string of the molecule is CCCCOc1nc(-c2ccc(F)cc2)c(-c2ccc(S(C)(=O)=O)cc2)cc1CN(C)C. The van der Waals surface area contributed by atoms with Crippen LogP contribution in [0.25, 0.3) is 22.4 Å². The Bertz CT molecular complexity index is 1160. The van der Waals surface area contributed by atoms with E-state index in [4.69, 9.17) is 9.72 Å². The molecule has 0 bridgehead atoms. The van der Waals surface area contributed by atoms with Gasteiger partial charge in [0.05, 0.1) is 17.2 Å². The zero-order chi connectivity index (χ0) is 23.3. The molecule has 0 aliphatic rings. The number of nitrogens with zero attached hydrogens (tertiary/aromatic N) is 2. The molecular formula is C25H29FN2O3S. The highest BCUT2D eigenvalue weighted by atomic mass is 32.2. The van der Waals surface area contributed by atoms with E-state index in [-0.39, 0.29) is 10.7 Å². The number of aromatic nitrogens is 1. The highest BCUT2D eigenvalue weighted by Crippen LogP contribution is 2.35. The lowest BCUT2D eigenvalue weighted by atomic mass is 9.97. The van der Waals surface area contributed by atoms with Crippen molar-refractivity contribution in [2.24, 2.45) is 0 Å². The van der Waals surface area contributed by atoms with Gasteiger partial charge < -0.3 is 9.64 Å². The van der Waals surface area contributed by atoms with Crippen LogP contribution in [0.4, 0.5) is 4.39 Å². The summed E-state index contributed by atoms with van der Waals surface area (Å²) in [6, 6.07) is 14.9. The van der Waals surface area contributed by atoms with Gasteiger partial charge >= 0.3 is 0 Å². The lowest BCUT2D eigenvalue weighted by Crippen LogP contribution is -2.13. The Morgan fingerprint density at radius 2 is 1.62 bits per heavy atom. The maximum atomic E-state index is 13.6. The summed E-state index contributed by atoms with van der Waals surface area (Å²) >= 11 is 0. The first-order valence-electron chi connectivity index (χ1n) is 10.6. The number of pyridine rings is 1. The van der Waals surface area contributed by atoms with Crippen LogP contribution in [0, 0.1) is 5.82 Å². The molecular weight excluding hydrogens is 427 g/mol. The zero-order valence-electron chi connectivity index (χ0n) is 18.9. The standard InChI is InChI=1S/C25H29FN2O3S/c1-5-6-15-31-25-20(17-28(2)3)16-23(18-9-13-22(14-10-18)32(4,29)30)24(27-25)19-7-11-21(26)12-8-19/h7-14,16H,5-6,15,17H2,1-4H3. The second kappa shape index (κ2) is 10.2. The van der Waals surface area contributed by atoms with Crippen LogP contribution in [0.15, 0.2) is 59.5 Å². The highest BCUT2D eigenvalue weighted by Gasteiger charge is 2.17. The van der Waals surface area contributed by atoms with Gasteiger partial charge in [0.15, 0.2) is 9.84 Å². The van der Waals surface area contributed by atoms with Crippen molar-refractivity contribution in [2.75, 3.05) is 27.0 Å². The lowest BCUT2D eigenvalue weighted by Gasteiger charge is -2.19. The zero-order valence-corrected chi connectivity index (χ0v) is 19.7. The summed E-state index contributed by atoms with van der Waals surface area (Å²) in [7, 11) is 0.657. The van der Waals surface area contributed by atoms with Crippen molar-refractivity contribution >= 4 is 9.84 Å². The van der Waals surface area contributed by atoms with Crippen molar-refractivity contribution in [1.29, 1.82) is 0 Å². The van der Waals surface area contributed by atoms with E-state index in [2.05, 4.69) is 6.92 Å². The number of hydrogen-bond donors (Lipinski definition) is 0. The second-order valence-electron chi connectivity index (χ2n) is 8.09. The van der Waals surface area contributed by atoms with Crippen molar-refractivity contribution in [3.05, 3.63) is 66.0 Å². The first kappa shape index (κ1) is 23.9. The van der Waals surface area contributed by atoms with Gasteiger partial charge in [0.1, 0.15) is 5.82 Å². The van der Waals surface area contributed by atoms with Gasteiger partial charge in [-0.25, -0.2) is 17.8 Å². The Morgan fingerprint density at radius 3 is 2.19 bits per heavy atom. The van der Waals surface area contributed by atoms with Crippen LogP contribution in [0.2, 0.25) is 0 Å². The van der Waals surface area contributed by atoms with Gasteiger partial charge in [-0.3, -0.25) is 0 Å². The van der Waals surface area contributed by atoms with Gasteiger partial charge in [0.25, 0.3) is 0 Å². The average molecular weight is 457 g/mol. The Balaban J connectivity index is 2.18. The summed E-state index contributed by atoms with van der Waals surface area (Å²) in [4.78, 5) is 7.15. The Morgan fingerprint density at radius 1 is 1.00 bits per heavy atom. The third kappa shape index (κ3) is 5.93. The molecule has 2 aromatic carbocycles. The van der Waals surface area contributed by atoms with E-state index < -0.39 is 9.84 Å². The molecule has 0 aliphatic carbocycles. The first-order chi connectivity index (χ1) is 15.2. The summed E-state index contributed by atoms with van der Waals surface area (Å²) in [5.41, 5.74) is 4.00. The molecule has 0 amide bonds. The number of unbranched alkanes of at least 4 members (excludes halogenated alkanes) is 1. The van der Waals surface area contributed by atoms with Crippen LogP contribution in [0.3, 0.4) is 0 Å². The largest absolute Gasteiger partial charge is 0.477 e. The molecule has 5 nitrogen and oxygen atoms in total. The summed E-state index contributed by atoms with van der Waals surface area (Å²) in [6.07, 6.45) is 3.12. The van der Waals surface area contributed by atoms with Crippen molar-refractivity contribution in [3.8, 4) is 28.3 Å². The van der Waals surface area contributed by atoms with Gasteiger partial charge in [-0.05, 0) is 68.5 Å². The Hall–Kier alpha value is -2.77. The molecule has 0 saturated carbocycles. The van der Waals surface area contributed by atoms with Gasteiger partial charge in [0, 0.05) is 29.5 Å². The maximum absolute atomic E-state index is 13.6. The normalized spacial score (nSPS) is 11.7. The fourth-order valence-corrected chi connectivity index (χ4v) is 3.99. The fraction of sp³-hybridized carbons (Fsp3) is 0.320. The predicted octanol–water partition coefficient (Wildman–Crippen LogP) is 5.20. The molecule has 0 fully saturated rings. The van der Waals surface area contributed by atoms with E-state index in [0.29, 0.717) is 24.7 Å². The van der Waals surface area contributed by atoms with Crippen molar-refractivity contribution in [3.63, 3.8) is 0 Å². The van der Waals surface area contributed by atoms with Gasteiger partial charge in [-0.2, -0.15) is 0 Å². The smallest absolute Gasteiger partial charge is 0.218 e. The molecule has 0 atom stereocenters. The lowest BCUT2D eigenvalue weighted by molar-refractivity contribution is 0.288.